The van der Waals surface area contributed by atoms with Crippen LogP contribution in [-0.2, 0) is 10.0 Å². The van der Waals surface area contributed by atoms with E-state index in [-0.39, 0.29) is 0 Å². The molecule has 0 aliphatic carbocycles. The van der Waals surface area contributed by atoms with Gasteiger partial charge in [-0.15, -0.1) is 22.9 Å². The van der Waals surface area contributed by atoms with Gasteiger partial charge in [-0.3, -0.25) is 0 Å². The third kappa shape index (κ3) is 4.25. The van der Waals surface area contributed by atoms with Gasteiger partial charge in [0.2, 0.25) is 0 Å². The standard InChI is InChI=1S/C11H18ClNO2S2/c1-10-6-7-11(16-10)17(14,15)13(2)9-5-3-4-8-12/h6-7H,3-5,8-9H2,1-2H3. The zero-order chi connectivity index (χ0) is 12.9. The SMILES string of the molecule is Cc1ccc(S(=O)(=O)N(C)CCCCCCl)s1. The van der Waals surface area contributed by atoms with Gasteiger partial charge in [0.1, 0.15) is 4.21 Å². The Labute approximate surface area is 112 Å². The van der Waals surface area contributed by atoms with Gasteiger partial charge in [-0.25, -0.2) is 12.7 Å². The van der Waals surface area contributed by atoms with E-state index < -0.39 is 10.0 Å². The second kappa shape index (κ2) is 6.73. The molecule has 0 atom stereocenters. The fraction of sp³-hybridized carbons (Fsp3) is 0.636. The summed E-state index contributed by atoms with van der Waals surface area (Å²) in [6.45, 7) is 2.46. The number of alkyl halides is 1. The number of rotatable bonds is 7. The molecule has 0 fully saturated rings. The number of hydrogen-bond donors (Lipinski definition) is 0. The second-order valence-electron chi connectivity index (χ2n) is 3.94. The fourth-order valence-corrected chi connectivity index (χ4v) is 4.32. The van der Waals surface area contributed by atoms with Crippen molar-refractivity contribution < 1.29 is 8.42 Å². The number of halogens is 1. The Hall–Kier alpha value is -0.100. The summed E-state index contributed by atoms with van der Waals surface area (Å²) in [5.41, 5.74) is 0. The van der Waals surface area contributed by atoms with Crippen molar-refractivity contribution in [1.29, 1.82) is 0 Å². The van der Waals surface area contributed by atoms with Gasteiger partial charge in [0, 0.05) is 24.3 Å². The topological polar surface area (TPSA) is 37.4 Å². The van der Waals surface area contributed by atoms with Crippen molar-refractivity contribution in [2.75, 3.05) is 19.5 Å². The van der Waals surface area contributed by atoms with Crippen LogP contribution in [0.15, 0.2) is 16.3 Å². The third-order valence-electron chi connectivity index (χ3n) is 2.49. The molecule has 0 aromatic carbocycles. The third-order valence-corrected chi connectivity index (χ3v) is 6.08. The van der Waals surface area contributed by atoms with Crippen molar-refractivity contribution >= 4 is 33.0 Å². The van der Waals surface area contributed by atoms with E-state index in [4.69, 9.17) is 11.6 Å². The van der Waals surface area contributed by atoms with E-state index in [0.29, 0.717) is 16.6 Å². The van der Waals surface area contributed by atoms with Crippen LogP contribution in [0.2, 0.25) is 0 Å². The highest BCUT2D eigenvalue weighted by molar-refractivity contribution is 7.91. The van der Waals surface area contributed by atoms with E-state index in [0.717, 1.165) is 24.1 Å². The van der Waals surface area contributed by atoms with Crippen molar-refractivity contribution in [3.63, 3.8) is 0 Å². The highest BCUT2D eigenvalue weighted by atomic mass is 35.5. The maximum Gasteiger partial charge on any atom is 0.252 e. The average Bonchev–Trinajstić information content (AvgIpc) is 2.71. The summed E-state index contributed by atoms with van der Waals surface area (Å²) in [5.74, 6) is 0.639. The lowest BCUT2D eigenvalue weighted by molar-refractivity contribution is 0.456. The van der Waals surface area contributed by atoms with Crippen molar-refractivity contribution in [3.8, 4) is 0 Å². The molecule has 17 heavy (non-hydrogen) atoms. The maximum atomic E-state index is 12.1. The summed E-state index contributed by atoms with van der Waals surface area (Å²) in [5, 5.41) is 0. The Morgan fingerprint density at radius 2 is 2.00 bits per heavy atom. The van der Waals surface area contributed by atoms with Crippen LogP contribution < -0.4 is 0 Å². The summed E-state index contributed by atoms with van der Waals surface area (Å²) >= 11 is 6.89. The predicted molar refractivity (Wildman–Crippen MR) is 73.4 cm³/mol. The quantitative estimate of drug-likeness (QED) is 0.572. The number of sulfonamides is 1. The summed E-state index contributed by atoms with van der Waals surface area (Å²) in [6.07, 6.45) is 2.76. The lowest BCUT2D eigenvalue weighted by Gasteiger charge is -2.15. The minimum absolute atomic E-state index is 0.426. The van der Waals surface area contributed by atoms with Gasteiger partial charge in [-0.2, -0.15) is 0 Å². The monoisotopic (exact) mass is 295 g/mol. The summed E-state index contributed by atoms with van der Waals surface area (Å²) in [7, 11) is -1.66. The first-order valence-corrected chi connectivity index (χ1v) is 8.36. The molecule has 0 aliphatic rings. The molecule has 0 saturated carbocycles. The van der Waals surface area contributed by atoms with Crippen molar-refractivity contribution in [3.05, 3.63) is 17.0 Å². The fourth-order valence-electron chi connectivity index (χ4n) is 1.43. The van der Waals surface area contributed by atoms with E-state index in [9.17, 15) is 8.42 Å². The zero-order valence-corrected chi connectivity index (χ0v) is 12.5. The molecular formula is C11H18ClNO2S2. The molecule has 0 amide bonds. The normalized spacial score (nSPS) is 12.2. The minimum atomic E-state index is -3.29. The molecule has 6 heteroatoms. The van der Waals surface area contributed by atoms with Crippen LogP contribution in [0.4, 0.5) is 0 Å². The molecule has 0 bridgehead atoms. The molecule has 1 heterocycles. The van der Waals surface area contributed by atoms with Crippen molar-refractivity contribution in [2.24, 2.45) is 0 Å². The van der Waals surface area contributed by atoms with Gasteiger partial charge in [0.05, 0.1) is 0 Å². The Bertz CT molecular complexity index is 442. The van der Waals surface area contributed by atoms with Crippen LogP contribution in [0.3, 0.4) is 0 Å². The molecule has 0 aliphatic heterocycles. The molecule has 0 saturated heterocycles. The van der Waals surface area contributed by atoms with Gasteiger partial charge >= 0.3 is 0 Å². The lowest BCUT2D eigenvalue weighted by Crippen LogP contribution is -2.27. The largest absolute Gasteiger partial charge is 0.252 e. The van der Waals surface area contributed by atoms with Crippen LogP contribution >= 0.6 is 22.9 Å². The number of nitrogens with zero attached hydrogens (tertiary/aromatic N) is 1. The molecule has 3 nitrogen and oxygen atoms in total. The smallest absolute Gasteiger partial charge is 0.206 e. The summed E-state index contributed by atoms with van der Waals surface area (Å²) < 4.78 is 26.1. The molecule has 0 unspecified atom stereocenters. The first-order valence-electron chi connectivity index (χ1n) is 5.57. The molecule has 1 rings (SSSR count). The Morgan fingerprint density at radius 1 is 1.29 bits per heavy atom. The Balaban J connectivity index is 2.58. The van der Waals surface area contributed by atoms with Gasteiger partial charge in [-0.1, -0.05) is 6.42 Å². The van der Waals surface area contributed by atoms with E-state index in [1.807, 2.05) is 13.0 Å². The van der Waals surface area contributed by atoms with E-state index in [2.05, 4.69) is 0 Å². The second-order valence-corrected chi connectivity index (χ2v) is 7.88. The van der Waals surface area contributed by atoms with Crippen LogP contribution in [0.5, 0.6) is 0 Å². The molecule has 98 valence electrons. The molecule has 0 N–H and O–H groups in total. The Morgan fingerprint density at radius 3 is 2.53 bits per heavy atom. The molecule has 1 aromatic rings. The maximum absolute atomic E-state index is 12.1. The number of aryl methyl sites for hydroxylation is 1. The highest BCUT2D eigenvalue weighted by Crippen LogP contribution is 2.23. The lowest BCUT2D eigenvalue weighted by atomic mass is 10.2. The number of unbranched alkanes of at least 4 members (excludes halogenated alkanes) is 2. The van der Waals surface area contributed by atoms with Crippen LogP contribution in [0.25, 0.3) is 0 Å². The predicted octanol–water partition coefficient (Wildman–Crippen LogP) is 3.09. The van der Waals surface area contributed by atoms with Crippen LogP contribution in [0.1, 0.15) is 24.1 Å². The van der Waals surface area contributed by atoms with Gasteiger partial charge in [-0.05, 0) is 31.9 Å². The zero-order valence-electron chi connectivity index (χ0n) is 10.1. The number of thiophene rings is 1. The van der Waals surface area contributed by atoms with Gasteiger partial charge in [0.15, 0.2) is 0 Å². The van der Waals surface area contributed by atoms with Gasteiger partial charge < -0.3 is 0 Å². The number of hydrogen-bond acceptors (Lipinski definition) is 3. The highest BCUT2D eigenvalue weighted by Gasteiger charge is 2.21. The van der Waals surface area contributed by atoms with E-state index >= 15 is 0 Å². The summed E-state index contributed by atoms with van der Waals surface area (Å²) in [4.78, 5) is 1.01. The first kappa shape index (κ1) is 15.0. The Kier molecular flexibility index (Phi) is 5.92. The molecule has 1 aromatic heterocycles. The molecule has 0 radical (unpaired) electrons. The van der Waals surface area contributed by atoms with Crippen molar-refractivity contribution in [1.82, 2.24) is 4.31 Å². The van der Waals surface area contributed by atoms with Gasteiger partial charge in [0.25, 0.3) is 10.0 Å². The molecular weight excluding hydrogens is 278 g/mol. The van der Waals surface area contributed by atoms with E-state index in [1.54, 1.807) is 13.1 Å². The first-order chi connectivity index (χ1) is 7.98. The summed E-state index contributed by atoms with van der Waals surface area (Å²) in [6, 6.07) is 3.50. The average molecular weight is 296 g/mol. The van der Waals surface area contributed by atoms with Crippen molar-refractivity contribution in [2.45, 2.75) is 30.4 Å². The minimum Gasteiger partial charge on any atom is -0.206 e. The van der Waals surface area contributed by atoms with Crippen LogP contribution in [0, 0.1) is 6.92 Å². The van der Waals surface area contributed by atoms with Crippen LogP contribution in [-0.4, -0.2) is 32.2 Å². The van der Waals surface area contributed by atoms with E-state index in [1.165, 1.54) is 15.6 Å². The molecule has 0 spiro atoms.